The standard InChI is InChI=1S/C13H13FO3/c1-13(15,11-7-4-8-17-11)12-9(14)5-3-6-10(12)16-2/h3-8,15H,1-2H3. The first-order valence-corrected chi connectivity index (χ1v) is 5.16. The minimum Gasteiger partial charge on any atom is -0.496 e. The largest absolute Gasteiger partial charge is 0.496 e. The van der Waals surface area contributed by atoms with Crippen molar-refractivity contribution in [2.45, 2.75) is 12.5 Å². The van der Waals surface area contributed by atoms with E-state index < -0.39 is 11.4 Å². The van der Waals surface area contributed by atoms with Gasteiger partial charge in [-0.15, -0.1) is 0 Å². The van der Waals surface area contributed by atoms with Crippen LogP contribution < -0.4 is 4.74 Å². The molecule has 17 heavy (non-hydrogen) atoms. The Labute approximate surface area is 98.5 Å². The molecule has 0 radical (unpaired) electrons. The van der Waals surface area contributed by atoms with Crippen molar-refractivity contribution in [2.24, 2.45) is 0 Å². The molecule has 0 aliphatic heterocycles. The van der Waals surface area contributed by atoms with Gasteiger partial charge in [-0.2, -0.15) is 0 Å². The number of rotatable bonds is 3. The summed E-state index contributed by atoms with van der Waals surface area (Å²) in [4.78, 5) is 0. The van der Waals surface area contributed by atoms with Crippen LogP contribution in [0.5, 0.6) is 5.75 Å². The van der Waals surface area contributed by atoms with Crippen molar-refractivity contribution in [2.75, 3.05) is 7.11 Å². The predicted molar refractivity (Wildman–Crippen MR) is 60.3 cm³/mol. The number of hydrogen-bond acceptors (Lipinski definition) is 3. The third kappa shape index (κ3) is 1.91. The van der Waals surface area contributed by atoms with Gasteiger partial charge in [-0.25, -0.2) is 4.39 Å². The van der Waals surface area contributed by atoms with Crippen LogP contribution in [0.3, 0.4) is 0 Å². The fourth-order valence-corrected chi connectivity index (χ4v) is 1.83. The van der Waals surface area contributed by atoms with Crippen molar-refractivity contribution < 1.29 is 18.7 Å². The molecule has 0 fully saturated rings. The minimum atomic E-state index is -1.57. The summed E-state index contributed by atoms with van der Waals surface area (Å²) in [6.07, 6.45) is 1.43. The van der Waals surface area contributed by atoms with E-state index in [9.17, 15) is 9.50 Å². The Morgan fingerprint density at radius 3 is 2.65 bits per heavy atom. The van der Waals surface area contributed by atoms with Crippen LogP contribution in [0.2, 0.25) is 0 Å². The lowest BCUT2D eigenvalue weighted by molar-refractivity contribution is 0.0700. The van der Waals surface area contributed by atoms with Gasteiger partial charge in [0.25, 0.3) is 0 Å². The summed E-state index contributed by atoms with van der Waals surface area (Å²) in [7, 11) is 1.43. The molecule has 0 spiro atoms. The van der Waals surface area contributed by atoms with Crippen LogP contribution in [-0.4, -0.2) is 12.2 Å². The van der Waals surface area contributed by atoms with Crippen LogP contribution in [0.4, 0.5) is 4.39 Å². The van der Waals surface area contributed by atoms with Crippen molar-refractivity contribution in [1.82, 2.24) is 0 Å². The number of hydrogen-bond donors (Lipinski definition) is 1. The van der Waals surface area contributed by atoms with Crippen molar-refractivity contribution in [1.29, 1.82) is 0 Å². The van der Waals surface area contributed by atoms with Gasteiger partial charge in [0.2, 0.25) is 0 Å². The van der Waals surface area contributed by atoms with E-state index in [0.717, 1.165) is 0 Å². The Morgan fingerprint density at radius 2 is 2.06 bits per heavy atom. The topological polar surface area (TPSA) is 42.6 Å². The van der Waals surface area contributed by atoms with Crippen molar-refractivity contribution in [3.8, 4) is 5.75 Å². The average molecular weight is 236 g/mol. The monoisotopic (exact) mass is 236 g/mol. The second kappa shape index (κ2) is 4.22. The first-order valence-electron chi connectivity index (χ1n) is 5.16. The van der Waals surface area contributed by atoms with Crippen LogP contribution in [0, 0.1) is 5.82 Å². The smallest absolute Gasteiger partial charge is 0.151 e. The molecule has 1 aromatic heterocycles. The molecule has 3 nitrogen and oxygen atoms in total. The number of methoxy groups -OCH3 is 1. The van der Waals surface area contributed by atoms with E-state index in [-0.39, 0.29) is 17.1 Å². The Hall–Kier alpha value is -1.81. The van der Waals surface area contributed by atoms with Gasteiger partial charge in [0.15, 0.2) is 5.60 Å². The predicted octanol–water partition coefficient (Wildman–Crippen LogP) is 2.68. The lowest BCUT2D eigenvalue weighted by atomic mass is 9.92. The molecule has 1 heterocycles. The van der Waals surface area contributed by atoms with Gasteiger partial charge in [-0.05, 0) is 31.2 Å². The number of aliphatic hydroxyl groups is 1. The van der Waals surface area contributed by atoms with Crippen LogP contribution >= 0.6 is 0 Å². The van der Waals surface area contributed by atoms with E-state index in [2.05, 4.69) is 0 Å². The lowest BCUT2D eigenvalue weighted by Crippen LogP contribution is -2.24. The highest BCUT2D eigenvalue weighted by molar-refractivity contribution is 5.42. The molecule has 2 rings (SSSR count). The molecule has 2 aromatic rings. The van der Waals surface area contributed by atoms with Gasteiger partial charge in [-0.3, -0.25) is 0 Å². The van der Waals surface area contributed by atoms with E-state index in [0.29, 0.717) is 0 Å². The summed E-state index contributed by atoms with van der Waals surface area (Å²) in [6.45, 7) is 1.47. The number of ether oxygens (including phenoxy) is 1. The van der Waals surface area contributed by atoms with Crippen LogP contribution in [0.25, 0.3) is 0 Å². The molecule has 0 saturated carbocycles. The minimum absolute atomic E-state index is 0.0671. The van der Waals surface area contributed by atoms with E-state index in [4.69, 9.17) is 9.15 Å². The zero-order chi connectivity index (χ0) is 12.5. The summed E-state index contributed by atoms with van der Waals surface area (Å²) in [5.74, 6) is 0.0121. The highest BCUT2D eigenvalue weighted by Crippen LogP contribution is 2.37. The van der Waals surface area contributed by atoms with Crippen molar-refractivity contribution in [3.05, 3.63) is 53.7 Å². The normalized spacial score (nSPS) is 14.4. The first-order chi connectivity index (χ1) is 8.07. The summed E-state index contributed by atoms with van der Waals surface area (Å²) < 4.78 is 24.0. The fraction of sp³-hybridized carbons (Fsp3) is 0.231. The Balaban J connectivity index is 2.60. The number of halogens is 1. The highest BCUT2D eigenvalue weighted by Gasteiger charge is 2.34. The Bertz CT molecular complexity index is 503. The molecular formula is C13H13FO3. The molecule has 0 bridgehead atoms. The van der Waals surface area contributed by atoms with E-state index in [1.54, 1.807) is 18.2 Å². The van der Waals surface area contributed by atoms with E-state index >= 15 is 0 Å². The van der Waals surface area contributed by atoms with Gasteiger partial charge in [-0.1, -0.05) is 6.07 Å². The Kier molecular flexibility index (Phi) is 2.90. The van der Waals surface area contributed by atoms with E-state index in [1.807, 2.05) is 0 Å². The summed E-state index contributed by atoms with van der Waals surface area (Å²) >= 11 is 0. The SMILES string of the molecule is COc1cccc(F)c1C(C)(O)c1ccco1. The maximum Gasteiger partial charge on any atom is 0.151 e. The molecule has 0 amide bonds. The molecule has 1 aromatic carbocycles. The third-order valence-corrected chi connectivity index (χ3v) is 2.68. The summed E-state index contributed by atoms with van der Waals surface area (Å²) in [6, 6.07) is 7.62. The first kappa shape index (κ1) is 11.7. The molecule has 1 unspecified atom stereocenters. The number of benzene rings is 1. The molecule has 1 atom stereocenters. The zero-order valence-electron chi connectivity index (χ0n) is 9.61. The molecule has 0 aliphatic rings. The van der Waals surface area contributed by atoms with Gasteiger partial charge in [0.1, 0.15) is 17.3 Å². The lowest BCUT2D eigenvalue weighted by Gasteiger charge is -2.23. The Morgan fingerprint density at radius 1 is 1.29 bits per heavy atom. The van der Waals surface area contributed by atoms with Crippen molar-refractivity contribution in [3.63, 3.8) is 0 Å². The quantitative estimate of drug-likeness (QED) is 0.890. The fourth-order valence-electron chi connectivity index (χ4n) is 1.83. The second-order valence-corrected chi connectivity index (χ2v) is 3.87. The summed E-state index contributed by atoms with van der Waals surface area (Å²) in [5.41, 5.74) is -1.50. The van der Waals surface area contributed by atoms with Gasteiger partial charge < -0.3 is 14.3 Å². The van der Waals surface area contributed by atoms with Crippen molar-refractivity contribution >= 4 is 0 Å². The maximum atomic E-state index is 13.8. The maximum absolute atomic E-state index is 13.8. The number of furan rings is 1. The van der Waals surface area contributed by atoms with Gasteiger partial charge in [0.05, 0.1) is 18.9 Å². The molecule has 90 valence electrons. The average Bonchev–Trinajstić information content (AvgIpc) is 2.82. The highest BCUT2D eigenvalue weighted by atomic mass is 19.1. The third-order valence-electron chi connectivity index (χ3n) is 2.68. The van der Waals surface area contributed by atoms with Crippen LogP contribution in [0.15, 0.2) is 41.0 Å². The molecule has 0 saturated heterocycles. The molecule has 4 heteroatoms. The zero-order valence-corrected chi connectivity index (χ0v) is 9.61. The van der Waals surface area contributed by atoms with Gasteiger partial charge in [0, 0.05) is 0 Å². The molecule has 1 N–H and O–H groups in total. The molecular weight excluding hydrogens is 223 g/mol. The second-order valence-electron chi connectivity index (χ2n) is 3.87. The van der Waals surface area contributed by atoms with Gasteiger partial charge >= 0.3 is 0 Å². The van der Waals surface area contributed by atoms with Crippen LogP contribution in [-0.2, 0) is 5.60 Å². The van der Waals surface area contributed by atoms with E-state index in [1.165, 1.54) is 32.4 Å². The van der Waals surface area contributed by atoms with Crippen LogP contribution in [0.1, 0.15) is 18.2 Å². The summed E-state index contributed by atoms with van der Waals surface area (Å²) in [5, 5.41) is 10.4. The molecule has 0 aliphatic carbocycles.